The highest BCUT2D eigenvalue weighted by Crippen LogP contribution is 2.19. The molecule has 96 valence electrons. The molecule has 1 aromatic heterocycles. The van der Waals surface area contributed by atoms with Gasteiger partial charge in [0.15, 0.2) is 0 Å². The molecule has 0 saturated carbocycles. The highest BCUT2D eigenvalue weighted by atomic mass is 15.0. The fourth-order valence-electron chi connectivity index (χ4n) is 2.46. The van der Waals surface area contributed by atoms with E-state index in [0.717, 1.165) is 13.0 Å². The predicted molar refractivity (Wildman–Crippen MR) is 78.0 cm³/mol. The van der Waals surface area contributed by atoms with Crippen molar-refractivity contribution >= 4 is 10.8 Å². The van der Waals surface area contributed by atoms with Crippen LogP contribution in [0.15, 0.2) is 55.0 Å². The van der Waals surface area contributed by atoms with Gasteiger partial charge in [-0.05, 0) is 22.9 Å². The van der Waals surface area contributed by atoms with Gasteiger partial charge >= 0.3 is 0 Å². The fraction of sp³-hybridized carbons (Fsp3) is 0.188. The highest BCUT2D eigenvalue weighted by molar-refractivity contribution is 5.85. The van der Waals surface area contributed by atoms with Crippen molar-refractivity contribution in [1.82, 2.24) is 9.55 Å². The summed E-state index contributed by atoms with van der Waals surface area (Å²) < 4.78 is 2.18. The van der Waals surface area contributed by atoms with Gasteiger partial charge in [-0.1, -0.05) is 42.5 Å². The molecule has 0 atom stereocenters. The Kier molecular flexibility index (Phi) is 3.29. The topological polar surface area (TPSA) is 43.8 Å². The molecule has 19 heavy (non-hydrogen) atoms. The molecule has 0 spiro atoms. The van der Waals surface area contributed by atoms with Gasteiger partial charge in [0.2, 0.25) is 0 Å². The van der Waals surface area contributed by atoms with Gasteiger partial charge in [-0.2, -0.15) is 0 Å². The zero-order valence-corrected chi connectivity index (χ0v) is 10.8. The third-order valence-electron chi connectivity index (χ3n) is 3.42. The molecule has 3 nitrogen and oxygen atoms in total. The normalized spacial score (nSPS) is 11.0. The highest BCUT2D eigenvalue weighted by Gasteiger charge is 2.05. The number of imidazole rings is 1. The number of benzene rings is 2. The number of nitrogens with zero attached hydrogens (tertiary/aromatic N) is 2. The molecule has 1 heterocycles. The van der Waals surface area contributed by atoms with Crippen molar-refractivity contribution in [3.8, 4) is 0 Å². The lowest BCUT2D eigenvalue weighted by atomic mass is 10.0. The number of nitrogens with two attached hydrogens (primary N) is 1. The second-order valence-corrected chi connectivity index (χ2v) is 4.69. The molecular weight excluding hydrogens is 234 g/mol. The predicted octanol–water partition coefficient (Wildman–Crippen LogP) is 2.59. The molecular formula is C16H17N3. The summed E-state index contributed by atoms with van der Waals surface area (Å²) in [5.41, 5.74) is 8.14. The van der Waals surface area contributed by atoms with Gasteiger partial charge in [0.1, 0.15) is 0 Å². The van der Waals surface area contributed by atoms with Crippen LogP contribution in [0.5, 0.6) is 0 Å². The summed E-state index contributed by atoms with van der Waals surface area (Å²) >= 11 is 0. The minimum absolute atomic E-state index is 0.654. The van der Waals surface area contributed by atoms with Crippen LogP contribution in [0.3, 0.4) is 0 Å². The van der Waals surface area contributed by atoms with Crippen LogP contribution in [0.1, 0.15) is 11.3 Å². The second-order valence-electron chi connectivity index (χ2n) is 4.69. The molecule has 0 unspecified atom stereocenters. The molecule has 0 saturated heterocycles. The van der Waals surface area contributed by atoms with E-state index >= 15 is 0 Å². The van der Waals surface area contributed by atoms with Gasteiger partial charge in [-0.15, -0.1) is 0 Å². The average molecular weight is 251 g/mol. The van der Waals surface area contributed by atoms with Crippen LogP contribution in [-0.2, 0) is 13.0 Å². The lowest BCUT2D eigenvalue weighted by molar-refractivity contribution is 0.736. The summed E-state index contributed by atoms with van der Waals surface area (Å²) in [6.07, 6.45) is 4.65. The summed E-state index contributed by atoms with van der Waals surface area (Å²) in [5.74, 6) is 0. The van der Waals surface area contributed by atoms with Crippen molar-refractivity contribution in [3.63, 3.8) is 0 Å². The molecule has 0 amide bonds. The lowest BCUT2D eigenvalue weighted by Crippen LogP contribution is -2.09. The molecule has 0 aliphatic rings. The lowest BCUT2D eigenvalue weighted by Gasteiger charge is -2.10. The Bertz CT molecular complexity index is 680. The van der Waals surface area contributed by atoms with E-state index in [9.17, 15) is 0 Å². The van der Waals surface area contributed by atoms with Crippen molar-refractivity contribution in [3.05, 3.63) is 66.2 Å². The minimum atomic E-state index is 0.654. The van der Waals surface area contributed by atoms with Gasteiger partial charge in [-0.25, -0.2) is 4.98 Å². The Balaban J connectivity index is 1.99. The van der Waals surface area contributed by atoms with Crippen LogP contribution in [0, 0.1) is 0 Å². The van der Waals surface area contributed by atoms with E-state index in [-0.39, 0.29) is 0 Å². The summed E-state index contributed by atoms with van der Waals surface area (Å²) in [7, 11) is 0. The van der Waals surface area contributed by atoms with Crippen molar-refractivity contribution in [2.45, 2.75) is 13.0 Å². The van der Waals surface area contributed by atoms with Crippen molar-refractivity contribution in [2.75, 3.05) is 6.54 Å². The van der Waals surface area contributed by atoms with Crippen LogP contribution in [0.4, 0.5) is 0 Å². The molecule has 3 rings (SSSR count). The summed E-state index contributed by atoms with van der Waals surface area (Å²) in [4.78, 5) is 4.22. The summed E-state index contributed by atoms with van der Waals surface area (Å²) in [6.45, 7) is 1.50. The van der Waals surface area contributed by atoms with Crippen LogP contribution < -0.4 is 5.73 Å². The number of aromatic nitrogens is 2. The maximum absolute atomic E-state index is 5.63. The number of fused-ring (bicyclic) bond motifs is 1. The smallest absolute Gasteiger partial charge is 0.0951 e. The number of rotatable bonds is 4. The Labute approximate surface area is 112 Å². The van der Waals surface area contributed by atoms with E-state index in [0.29, 0.717) is 6.54 Å². The maximum Gasteiger partial charge on any atom is 0.0951 e. The summed E-state index contributed by atoms with van der Waals surface area (Å²) in [5, 5.41) is 2.58. The maximum atomic E-state index is 5.63. The zero-order valence-electron chi connectivity index (χ0n) is 10.8. The van der Waals surface area contributed by atoms with Crippen LogP contribution >= 0.6 is 0 Å². The third kappa shape index (κ3) is 2.37. The minimum Gasteiger partial charge on any atom is -0.330 e. The Morgan fingerprint density at radius 3 is 2.79 bits per heavy atom. The van der Waals surface area contributed by atoms with Crippen LogP contribution in [0.2, 0.25) is 0 Å². The van der Waals surface area contributed by atoms with Crippen molar-refractivity contribution in [1.29, 1.82) is 0 Å². The van der Waals surface area contributed by atoms with Crippen molar-refractivity contribution < 1.29 is 0 Å². The Morgan fingerprint density at radius 2 is 1.89 bits per heavy atom. The molecule has 0 radical (unpaired) electrons. The molecule has 0 aliphatic heterocycles. The van der Waals surface area contributed by atoms with Gasteiger partial charge in [-0.3, -0.25) is 0 Å². The van der Waals surface area contributed by atoms with E-state index in [1.165, 1.54) is 22.0 Å². The van der Waals surface area contributed by atoms with Gasteiger partial charge < -0.3 is 10.3 Å². The zero-order chi connectivity index (χ0) is 13.1. The molecule has 2 aromatic carbocycles. The van der Waals surface area contributed by atoms with Crippen LogP contribution in [0.25, 0.3) is 10.8 Å². The summed E-state index contributed by atoms with van der Waals surface area (Å²) in [6, 6.07) is 14.9. The molecule has 2 N–H and O–H groups in total. The van der Waals surface area contributed by atoms with E-state index in [1.807, 2.05) is 12.5 Å². The van der Waals surface area contributed by atoms with Crippen LogP contribution in [-0.4, -0.2) is 16.1 Å². The number of hydrogen-bond acceptors (Lipinski definition) is 2. The quantitative estimate of drug-likeness (QED) is 0.774. The first-order valence-corrected chi connectivity index (χ1v) is 6.54. The third-order valence-corrected chi connectivity index (χ3v) is 3.42. The average Bonchev–Trinajstić information content (AvgIpc) is 2.87. The van der Waals surface area contributed by atoms with E-state index < -0.39 is 0 Å². The first-order valence-electron chi connectivity index (χ1n) is 6.54. The van der Waals surface area contributed by atoms with E-state index in [4.69, 9.17) is 5.73 Å². The molecule has 3 heteroatoms. The first-order chi connectivity index (χ1) is 9.38. The largest absolute Gasteiger partial charge is 0.330 e. The van der Waals surface area contributed by atoms with Crippen molar-refractivity contribution in [2.24, 2.45) is 5.73 Å². The standard InChI is InChI=1S/C16H17N3/c17-9-8-15-10-18-12-19(15)11-14-6-3-5-13-4-1-2-7-16(13)14/h1-7,10,12H,8-9,11,17H2. The first kappa shape index (κ1) is 11.9. The van der Waals surface area contributed by atoms with Gasteiger partial charge in [0.05, 0.1) is 6.33 Å². The Hall–Kier alpha value is -2.13. The Morgan fingerprint density at radius 1 is 1.05 bits per heavy atom. The van der Waals surface area contributed by atoms with E-state index in [1.54, 1.807) is 0 Å². The van der Waals surface area contributed by atoms with E-state index in [2.05, 4.69) is 52.0 Å². The molecule has 0 aliphatic carbocycles. The number of hydrogen-bond donors (Lipinski definition) is 1. The van der Waals surface area contributed by atoms with Gasteiger partial charge in [0.25, 0.3) is 0 Å². The fourth-order valence-corrected chi connectivity index (χ4v) is 2.46. The second kappa shape index (κ2) is 5.24. The monoisotopic (exact) mass is 251 g/mol. The molecule has 0 bridgehead atoms. The van der Waals surface area contributed by atoms with Gasteiger partial charge in [0, 0.05) is 24.9 Å². The molecule has 0 fully saturated rings. The SMILES string of the molecule is NCCc1cncn1Cc1cccc2ccccc12. The molecule has 3 aromatic rings.